The number of aldehydes is 1. The Kier molecular flexibility index (Phi) is 2.90. The fourth-order valence-corrected chi connectivity index (χ4v) is 7.40. The van der Waals surface area contributed by atoms with E-state index >= 15 is 0 Å². The molecule has 1 spiro atoms. The van der Waals surface area contributed by atoms with Gasteiger partial charge >= 0.3 is 0 Å². The molecule has 1 fully saturated rings. The minimum atomic E-state index is -0.186. The van der Waals surface area contributed by atoms with Crippen LogP contribution in [0.15, 0.2) is 11.1 Å². The van der Waals surface area contributed by atoms with Gasteiger partial charge in [-0.15, -0.1) is 23.5 Å². The molecule has 3 aliphatic rings. The zero-order chi connectivity index (χ0) is 12.1. The first-order chi connectivity index (χ1) is 8.12. The zero-order valence-corrected chi connectivity index (χ0v) is 12.3. The van der Waals surface area contributed by atoms with Gasteiger partial charge in [-0.1, -0.05) is 12.5 Å². The van der Waals surface area contributed by atoms with Crippen LogP contribution in [0.1, 0.15) is 39.5 Å². The fourth-order valence-electron chi connectivity index (χ4n) is 3.73. The van der Waals surface area contributed by atoms with Crippen molar-refractivity contribution < 1.29 is 4.79 Å². The second-order valence-electron chi connectivity index (χ2n) is 5.77. The quantitative estimate of drug-likeness (QED) is 0.530. The number of allylic oxidation sites excluding steroid dienone is 1. The van der Waals surface area contributed by atoms with E-state index in [1.54, 1.807) is 5.57 Å². The largest absolute Gasteiger partial charge is 0.302 e. The molecule has 2 unspecified atom stereocenters. The molecule has 0 aromatic heterocycles. The molecule has 3 rings (SSSR count). The van der Waals surface area contributed by atoms with Crippen LogP contribution in [0.2, 0.25) is 0 Å². The van der Waals surface area contributed by atoms with Crippen molar-refractivity contribution in [2.24, 2.45) is 11.3 Å². The molecule has 1 aliphatic heterocycles. The first kappa shape index (κ1) is 12.2. The van der Waals surface area contributed by atoms with Crippen LogP contribution in [0, 0.1) is 11.3 Å². The molecule has 0 radical (unpaired) electrons. The highest BCUT2D eigenvalue weighted by Gasteiger charge is 2.54. The van der Waals surface area contributed by atoms with E-state index in [1.807, 2.05) is 0 Å². The van der Waals surface area contributed by atoms with E-state index in [1.165, 1.54) is 49.0 Å². The van der Waals surface area contributed by atoms with Crippen LogP contribution in [0.25, 0.3) is 0 Å². The monoisotopic (exact) mass is 268 g/mol. The molecular weight excluding hydrogens is 248 g/mol. The number of carbonyl (C=O) groups excluding carboxylic acids is 1. The molecule has 0 bridgehead atoms. The van der Waals surface area contributed by atoms with Gasteiger partial charge in [0.05, 0.1) is 4.08 Å². The SMILES string of the molecule is CC1CCC2=C(C3(CC2)SCCS3)C1(C)C=O. The van der Waals surface area contributed by atoms with Gasteiger partial charge in [0.15, 0.2) is 0 Å². The van der Waals surface area contributed by atoms with Gasteiger partial charge < -0.3 is 4.79 Å². The van der Waals surface area contributed by atoms with E-state index in [-0.39, 0.29) is 9.49 Å². The van der Waals surface area contributed by atoms with E-state index in [0.717, 1.165) is 0 Å². The van der Waals surface area contributed by atoms with Crippen molar-refractivity contribution in [3.8, 4) is 0 Å². The third-order valence-corrected chi connectivity index (χ3v) is 8.46. The molecule has 2 atom stereocenters. The second-order valence-corrected chi connectivity index (χ2v) is 8.81. The van der Waals surface area contributed by atoms with Gasteiger partial charge in [-0.05, 0) is 44.1 Å². The van der Waals surface area contributed by atoms with Gasteiger partial charge in [-0.2, -0.15) is 0 Å². The van der Waals surface area contributed by atoms with Gasteiger partial charge in [-0.3, -0.25) is 0 Å². The maximum absolute atomic E-state index is 11.7. The molecule has 0 aromatic rings. The Morgan fingerprint density at radius 2 is 2.00 bits per heavy atom. The summed E-state index contributed by atoms with van der Waals surface area (Å²) < 4.78 is 0.277. The van der Waals surface area contributed by atoms with Crippen LogP contribution in [-0.2, 0) is 4.79 Å². The molecule has 1 nitrogen and oxygen atoms in total. The number of thioether (sulfide) groups is 2. The van der Waals surface area contributed by atoms with Crippen molar-refractivity contribution in [2.75, 3.05) is 11.5 Å². The highest BCUT2D eigenvalue weighted by molar-refractivity contribution is 8.21. The average Bonchev–Trinajstić information content (AvgIpc) is 2.94. The lowest BCUT2D eigenvalue weighted by Gasteiger charge is -2.43. The summed E-state index contributed by atoms with van der Waals surface area (Å²) in [5, 5.41) is 0. The Labute approximate surface area is 112 Å². The smallest absolute Gasteiger partial charge is 0.130 e. The Morgan fingerprint density at radius 1 is 1.29 bits per heavy atom. The predicted octanol–water partition coefficient (Wildman–Crippen LogP) is 3.89. The lowest BCUT2D eigenvalue weighted by Crippen LogP contribution is -2.39. The van der Waals surface area contributed by atoms with Crippen molar-refractivity contribution in [3.05, 3.63) is 11.1 Å². The summed E-state index contributed by atoms with van der Waals surface area (Å²) in [7, 11) is 0. The average molecular weight is 268 g/mol. The molecule has 0 amide bonds. The van der Waals surface area contributed by atoms with Crippen LogP contribution in [0.5, 0.6) is 0 Å². The first-order valence-corrected chi connectivity index (χ1v) is 8.57. The van der Waals surface area contributed by atoms with E-state index in [9.17, 15) is 4.79 Å². The summed E-state index contributed by atoms with van der Waals surface area (Å²) in [4.78, 5) is 11.7. The topological polar surface area (TPSA) is 17.1 Å². The molecule has 0 saturated carbocycles. The van der Waals surface area contributed by atoms with Crippen molar-refractivity contribution >= 4 is 29.8 Å². The highest BCUT2D eigenvalue weighted by atomic mass is 32.2. The number of fused-ring (bicyclic) bond motifs is 1. The maximum Gasteiger partial charge on any atom is 0.130 e. The Hall–Kier alpha value is 0.110. The second kappa shape index (κ2) is 4.06. The third-order valence-electron chi connectivity index (χ3n) is 4.93. The molecule has 3 heteroatoms. The maximum atomic E-state index is 11.7. The summed E-state index contributed by atoms with van der Waals surface area (Å²) in [5.41, 5.74) is 2.97. The predicted molar refractivity (Wildman–Crippen MR) is 76.5 cm³/mol. The van der Waals surface area contributed by atoms with Crippen LogP contribution < -0.4 is 0 Å². The van der Waals surface area contributed by atoms with Gasteiger partial charge in [0.25, 0.3) is 0 Å². The van der Waals surface area contributed by atoms with Crippen LogP contribution in [0.3, 0.4) is 0 Å². The highest BCUT2D eigenvalue weighted by Crippen LogP contribution is 2.64. The summed E-state index contributed by atoms with van der Waals surface area (Å²) in [6, 6.07) is 0. The fraction of sp³-hybridized carbons (Fsp3) is 0.786. The van der Waals surface area contributed by atoms with Crippen molar-refractivity contribution in [3.63, 3.8) is 0 Å². The molecule has 1 heterocycles. The molecule has 1 saturated heterocycles. The van der Waals surface area contributed by atoms with E-state index in [2.05, 4.69) is 37.4 Å². The molecule has 2 aliphatic carbocycles. The summed E-state index contributed by atoms with van der Waals surface area (Å²) in [6.45, 7) is 4.44. The Bertz CT molecular complexity index is 382. The lowest BCUT2D eigenvalue weighted by atomic mass is 9.66. The van der Waals surface area contributed by atoms with Crippen LogP contribution in [0.4, 0.5) is 0 Å². The minimum Gasteiger partial charge on any atom is -0.302 e. The molecule has 0 aromatic carbocycles. The van der Waals surface area contributed by atoms with E-state index in [4.69, 9.17) is 0 Å². The van der Waals surface area contributed by atoms with Gasteiger partial charge in [0.2, 0.25) is 0 Å². The lowest BCUT2D eigenvalue weighted by molar-refractivity contribution is -0.116. The van der Waals surface area contributed by atoms with Crippen molar-refractivity contribution in [1.29, 1.82) is 0 Å². The molecule has 0 N–H and O–H groups in total. The van der Waals surface area contributed by atoms with E-state index in [0.29, 0.717) is 5.92 Å². The van der Waals surface area contributed by atoms with Crippen LogP contribution >= 0.6 is 23.5 Å². The van der Waals surface area contributed by atoms with Crippen LogP contribution in [-0.4, -0.2) is 21.9 Å². The van der Waals surface area contributed by atoms with Gasteiger partial charge in [-0.25, -0.2) is 0 Å². The summed E-state index contributed by atoms with van der Waals surface area (Å²) >= 11 is 4.21. The third kappa shape index (κ3) is 1.58. The minimum absolute atomic E-state index is 0.186. The molecule has 94 valence electrons. The number of rotatable bonds is 1. The van der Waals surface area contributed by atoms with Crippen molar-refractivity contribution in [1.82, 2.24) is 0 Å². The van der Waals surface area contributed by atoms with Gasteiger partial charge in [0, 0.05) is 16.9 Å². The van der Waals surface area contributed by atoms with E-state index < -0.39 is 0 Å². The normalized spacial score (nSPS) is 39.8. The van der Waals surface area contributed by atoms with Crippen molar-refractivity contribution in [2.45, 2.75) is 43.6 Å². The standard InChI is InChI=1S/C14H20OS2/c1-10-3-4-11-5-6-14(16-7-8-17-14)12(11)13(10,2)9-15/h9-10H,3-8H2,1-2H3. The molecular formula is C14H20OS2. The van der Waals surface area contributed by atoms with Gasteiger partial charge in [0.1, 0.15) is 6.29 Å². The number of hydrogen-bond donors (Lipinski definition) is 0. The number of carbonyl (C=O) groups is 1. The zero-order valence-electron chi connectivity index (χ0n) is 10.6. The Morgan fingerprint density at radius 3 is 2.65 bits per heavy atom. The summed E-state index contributed by atoms with van der Waals surface area (Å²) in [5.74, 6) is 3.02. The number of hydrogen-bond acceptors (Lipinski definition) is 3. The first-order valence-electron chi connectivity index (χ1n) is 6.59. The Balaban J connectivity index is 2.10. The molecule has 17 heavy (non-hydrogen) atoms. The summed E-state index contributed by atoms with van der Waals surface area (Å²) in [6.07, 6.45) is 6.19.